The van der Waals surface area contributed by atoms with E-state index >= 15 is 0 Å². The largest absolute Gasteiger partial charge is 0.383 e. The first-order valence-electron chi connectivity index (χ1n) is 2.95. The SMILES string of the molecule is CC(C=N)c1nc(N)cs1. The first-order valence-corrected chi connectivity index (χ1v) is 3.83. The predicted octanol–water partition coefficient (Wildman–Crippen LogP) is 1.48. The van der Waals surface area contributed by atoms with Gasteiger partial charge in [-0.3, -0.25) is 0 Å². The van der Waals surface area contributed by atoms with E-state index in [4.69, 9.17) is 11.1 Å². The summed E-state index contributed by atoms with van der Waals surface area (Å²) in [4.78, 5) is 4.03. The number of anilines is 1. The van der Waals surface area contributed by atoms with Crippen LogP contribution in [0.25, 0.3) is 0 Å². The lowest BCUT2D eigenvalue weighted by Crippen LogP contribution is -1.93. The van der Waals surface area contributed by atoms with Gasteiger partial charge >= 0.3 is 0 Å². The van der Waals surface area contributed by atoms with Gasteiger partial charge < -0.3 is 11.1 Å². The van der Waals surface area contributed by atoms with Crippen LogP contribution in [0.4, 0.5) is 5.82 Å². The van der Waals surface area contributed by atoms with Crippen molar-refractivity contribution in [3.63, 3.8) is 0 Å². The molecule has 0 saturated carbocycles. The molecule has 0 amide bonds. The van der Waals surface area contributed by atoms with Gasteiger partial charge in [-0.1, -0.05) is 6.92 Å². The third kappa shape index (κ3) is 1.33. The van der Waals surface area contributed by atoms with E-state index in [1.165, 1.54) is 17.6 Å². The number of nitrogen functional groups attached to an aromatic ring is 1. The highest BCUT2D eigenvalue weighted by molar-refractivity contribution is 7.10. The quantitative estimate of drug-likeness (QED) is 0.635. The number of thiazole rings is 1. The van der Waals surface area contributed by atoms with Crippen molar-refractivity contribution in [2.45, 2.75) is 12.8 Å². The van der Waals surface area contributed by atoms with Crippen LogP contribution in [0.2, 0.25) is 0 Å². The lowest BCUT2D eigenvalue weighted by molar-refractivity contribution is 1.01. The van der Waals surface area contributed by atoms with Crippen LogP contribution in [0.5, 0.6) is 0 Å². The Bertz CT molecular complexity index is 231. The zero-order valence-corrected chi connectivity index (χ0v) is 6.48. The molecule has 4 heteroatoms. The van der Waals surface area contributed by atoms with Crippen molar-refractivity contribution < 1.29 is 0 Å². The number of rotatable bonds is 2. The summed E-state index contributed by atoms with van der Waals surface area (Å²) in [7, 11) is 0. The van der Waals surface area contributed by atoms with E-state index in [0.717, 1.165) is 5.01 Å². The molecule has 0 aliphatic carbocycles. The van der Waals surface area contributed by atoms with Gasteiger partial charge in [-0.25, -0.2) is 4.98 Å². The summed E-state index contributed by atoms with van der Waals surface area (Å²) >= 11 is 1.49. The number of nitrogens with zero attached hydrogens (tertiary/aromatic N) is 1. The van der Waals surface area contributed by atoms with Crippen LogP contribution >= 0.6 is 11.3 Å². The fourth-order valence-electron chi connectivity index (χ4n) is 0.581. The summed E-state index contributed by atoms with van der Waals surface area (Å²) < 4.78 is 0. The maximum Gasteiger partial charge on any atom is 0.134 e. The summed E-state index contributed by atoms with van der Waals surface area (Å²) in [5, 5.41) is 9.65. The number of hydrogen-bond acceptors (Lipinski definition) is 4. The average Bonchev–Trinajstić information content (AvgIpc) is 2.34. The summed E-state index contributed by atoms with van der Waals surface area (Å²) in [5.74, 6) is 0.649. The zero-order chi connectivity index (χ0) is 7.56. The van der Waals surface area contributed by atoms with E-state index in [1.54, 1.807) is 5.38 Å². The Morgan fingerprint density at radius 2 is 2.60 bits per heavy atom. The molecular formula is C6H9N3S. The van der Waals surface area contributed by atoms with Crippen molar-refractivity contribution in [2.75, 3.05) is 5.73 Å². The molecule has 1 rings (SSSR count). The van der Waals surface area contributed by atoms with Crippen molar-refractivity contribution >= 4 is 23.4 Å². The fourth-order valence-corrected chi connectivity index (χ4v) is 1.32. The van der Waals surface area contributed by atoms with Crippen LogP contribution in [0.1, 0.15) is 17.8 Å². The summed E-state index contributed by atoms with van der Waals surface area (Å²) in [6, 6.07) is 0. The lowest BCUT2D eigenvalue weighted by atomic mass is 10.2. The van der Waals surface area contributed by atoms with Crippen molar-refractivity contribution in [1.29, 1.82) is 5.41 Å². The average molecular weight is 155 g/mol. The van der Waals surface area contributed by atoms with Gasteiger partial charge in [-0.15, -0.1) is 11.3 Å². The molecule has 0 radical (unpaired) electrons. The van der Waals surface area contributed by atoms with Gasteiger partial charge in [0.05, 0.1) is 0 Å². The molecule has 1 heterocycles. The van der Waals surface area contributed by atoms with Crippen LogP contribution in [0, 0.1) is 5.41 Å². The molecule has 1 aromatic rings. The third-order valence-electron chi connectivity index (χ3n) is 1.18. The van der Waals surface area contributed by atoms with E-state index in [2.05, 4.69) is 4.98 Å². The van der Waals surface area contributed by atoms with Crippen molar-refractivity contribution in [1.82, 2.24) is 4.98 Å². The number of nitrogens with two attached hydrogens (primary N) is 1. The van der Waals surface area contributed by atoms with Crippen LogP contribution in [0.3, 0.4) is 0 Å². The standard InChI is InChI=1S/C6H9N3S/c1-4(2-7)6-9-5(8)3-10-6/h2-4,7H,8H2,1H3. The molecule has 0 aliphatic rings. The highest BCUT2D eigenvalue weighted by Crippen LogP contribution is 2.18. The van der Waals surface area contributed by atoms with Crippen LogP contribution < -0.4 is 5.73 Å². The molecule has 0 spiro atoms. The van der Waals surface area contributed by atoms with Gasteiger partial charge in [0.15, 0.2) is 0 Å². The van der Waals surface area contributed by atoms with E-state index in [0.29, 0.717) is 5.82 Å². The maximum absolute atomic E-state index is 6.96. The van der Waals surface area contributed by atoms with Gasteiger partial charge in [0.1, 0.15) is 10.8 Å². The number of hydrogen-bond donors (Lipinski definition) is 2. The molecule has 3 nitrogen and oxygen atoms in total. The Balaban J connectivity index is 2.84. The second kappa shape index (κ2) is 2.79. The minimum atomic E-state index is 0.0994. The topological polar surface area (TPSA) is 62.8 Å². The highest BCUT2D eigenvalue weighted by Gasteiger charge is 2.04. The van der Waals surface area contributed by atoms with Gasteiger partial charge in [0, 0.05) is 17.5 Å². The van der Waals surface area contributed by atoms with Gasteiger partial charge in [-0.05, 0) is 0 Å². The van der Waals surface area contributed by atoms with Gasteiger partial charge in [0.25, 0.3) is 0 Å². The molecular weight excluding hydrogens is 146 g/mol. The summed E-state index contributed by atoms with van der Waals surface area (Å²) in [6.07, 6.45) is 1.36. The van der Waals surface area contributed by atoms with Crippen LogP contribution in [0.15, 0.2) is 5.38 Å². The Kier molecular flexibility index (Phi) is 2.01. The molecule has 3 N–H and O–H groups in total. The fraction of sp³-hybridized carbons (Fsp3) is 0.333. The Labute approximate surface area is 63.4 Å². The first-order chi connectivity index (χ1) is 4.74. The number of nitrogens with one attached hydrogen (secondary N) is 1. The summed E-state index contributed by atoms with van der Waals surface area (Å²) in [6.45, 7) is 1.92. The minimum Gasteiger partial charge on any atom is -0.383 e. The van der Waals surface area contributed by atoms with Gasteiger partial charge in [-0.2, -0.15) is 0 Å². The van der Waals surface area contributed by atoms with E-state index < -0.39 is 0 Å². The second-order valence-corrected chi connectivity index (χ2v) is 2.96. The normalized spacial score (nSPS) is 12.9. The summed E-state index contributed by atoms with van der Waals surface area (Å²) in [5.41, 5.74) is 5.40. The van der Waals surface area contributed by atoms with E-state index in [9.17, 15) is 0 Å². The second-order valence-electron chi connectivity index (χ2n) is 2.07. The molecule has 0 bridgehead atoms. The smallest absolute Gasteiger partial charge is 0.134 e. The molecule has 1 atom stereocenters. The van der Waals surface area contributed by atoms with E-state index in [-0.39, 0.29) is 5.92 Å². The Hall–Kier alpha value is -0.900. The molecule has 0 saturated heterocycles. The van der Waals surface area contributed by atoms with Gasteiger partial charge in [0.2, 0.25) is 0 Å². The van der Waals surface area contributed by atoms with Crippen LogP contribution in [-0.4, -0.2) is 11.2 Å². The number of aromatic nitrogens is 1. The molecule has 0 aromatic carbocycles. The van der Waals surface area contributed by atoms with E-state index in [1.807, 2.05) is 6.92 Å². The lowest BCUT2D eigenvalue weighted by Gasteiger charge is -1.95. The predicted molar refractivity (Wildman–Crippen MR) is 43.7 cm³/mol. The molecule has 1 unspecified atom stereocenters. The molecule has 0 aliphatic heterocycles. The minimum absolute atomic E-state index is 0.0994. The molecule has 10 heavy (non-hydrogen) atoms. The first kappa shape index (κ1) is 7.21. The zero-order valence-electron chi connectivity index (χ0n) is 5.66. The highest BCUT2D eigenvalue weighted by atomic mass is 32.1. The van der Waals surface area contributed by atoms with Crippen LogP contribution in [-0.2, 0) is 0 Å². The van der Waals surface area contributed by atoms with Crippen molar-refractivity contribution in [3.05, 3.63) is 10.4 Å². The van der Waals surface area contributed by atoms with Crippen molar-refractivity contribution in [2.24, 2.45) is 0 Å². The van der Waals surface area contributed by atoms with Crippen molar-refractivity contribution in [3.8, 4) is 0 Å². The third-order valence-corrected chi connectivity index (χ3v) is 2.24. The molecule has 1 aromatic heterocycles. The molecule has 0 fully saturated rings. The Morgan fingerprint density at radius 3 is 3.00 bits per heavy atom. The molecule has 54 valence electrons. The maximum atomic E-state index is 6.96. The Morgan fingerprint density at radius 1 is 1.90 bits per heavy atom. The monoisotopic (exact) mass is 155 g/mol.